The molecule has 0 heterocycles. The Morgan fingerprint density at radius 3 is 2.81 bits per heavy atom. The number of nitrogens with zero attached hydrogens (tertiary/aromatic N) is 2. The maximum Gasteiger partial charge on any atom is 0.259 e. The van der Waals surface area contributed by atoms with Crippen molar-refractivity contribution < 1.29 is 4.79 Å². The number of benzene rings is 1. The zero-order valence-corrected chi connectivity index (χ0v) is 10.7. The van der Waals surface area contributed by atoms with E-state index < -0.39 is 0 Å². The summed E-state index contributed by atoms with van der Waals surface area (Å²) in [6.07, 6.45) is 3.21. The Morgan fingerprint density at radius 1 is 1.56 bits per heavy atom. The number of rotatable bonds is 2. The number of hydrogen-bond acceptors (Lipinski definition) is 2. The van der Waals surface area contributed by atoms with Gasteiger partial charge in [0.05, 0.1) is 0 Å². The van der Waals surface area contributed by atoms with Gasteiger partial charge in [0.25, 0.3) is 5.91 Å². The lowest BCUT2D eigenvalue weighted by molar-refractivity contribution is -0.122. The van der Waals surface area contributed by atoms with E-state index >= 15 is 0 Å². The number of nitriles is 1. The molecule has 4 heteroatoms. The van der Waals surface area contributed by atoms with Crippen molar-refractivity contribution in [3.8, 4) is 6.19 Å². The molecule has 1 amide bonds. The minimum Gasteiger partial charge on any atom is -0.269 e. The van der Waals surface area contributed by atoms with Crippen molar-refractivity contribution in [1.29, 1.82) is 5.26 Å². The highest BCUT2D eigenvalue weighted by molar-refractivity contribution is 9.10. The smallest absolute Gasteiger partial charge is 0.259 e. The standard InChI is InChI=1S/C12H11BrN2O/c1-9(6-12(16)15(2)8-14)10-4-3-5-11(13)7-10/h3-7H,1-2H3/b9-6-. The maximum atomic E-state index is 11.5. The van der Waals surface area contributed by atoms with E-state index in [1.165, 1.54) is 13.1 Å². The van der Waals surface area contributed by atoms with Crippen molar-refractivity contribution in [2.45, 2.75) is 6.92 Å². The number of likely N-dealkylation sites (N-methyl/N-ethyl adjacent to an activating group) is 1. The van der Waals surface area contributed by atoms with Gasteiger partial charge in [-0.2, -0.15) is 5.26 Å². The first-order valence-electron chi connectivity index (χ1n) is 4.66. The molecule has 0 atom stereocenters. The highest BCUT2D eigenvalue weighted by Crippen LogP contribution is 2.18. The van der Waals surface area contributed by atoms with Crippen molar-refractivity contribution in [1.82, 2.24) is 4.90 Å². The first kappa shape index (κ1) is 12.5. The molecule has 0 aliphatic rings. The van der Waals surface area contributed by atoms with Crippen LogP contribution in [0.2, 0.25) is 0 Å². The van der Waals surface area contributed by atoms with E-state index in [0.717, 1.165) is 20.5 Å². The summed E-state index contributed by atoms with van der Waals surface area (Å²) >= 11 is 3.36. The SMILES string of the molecule is C/C(=C/C(=O)N(C)C#N)c1cccc(Br)c1. The summed E-state index contributed by atoms with van der Waals surface area (Å²) in [5.74, 6) is -0.319. The lowest BCUT2D eigenvalue weighted by atomic mass is 10.1. The molecule has 1 rings (SSSR count). The van der Waals surface area contributed by atoms with E-state index in [1.807, 2.05) is 31.2 Å². The molecule has 16 heavy (non-hydrogen) atoms. The van der Waals surface area contributed by atoms with Gasteiger partial charge in [-0.1, -0.05) is 28.1 Å². The van der Waals surface area contributed by atoms with E-state index in [4.69, 9.17) is 5.26 Å². The van der Waals surface area contributed by atoms with E-state index in [2.05, 4.69) is 15.9 Å². The number of amides is 1. The van der Waals surface area contributed by atoms with Gasteiger partial charge in [-0.25, -0.2) is 4.90 Å². The highest BCUT2D eigenvalue weighted by Gasteiger charge is 2.05. The number of carbonyl (C=O) groups excluding carboxylic acids is 1. The third-order valence-corrected chi connectivity index (χ3v) is 2.59. The summed E-state index contributed by atoms with van der Waals surface area (Å²) in [5.41, 5.74) is 1.78. The van der Waals surface area contributed by atoms with Crippen LogP contribution in [-0.4, -0.2) is 17.9 Å². The molecule has 0 spiro atoms. The predicted molar refractivity (Wildman–Crippen MR) is 66.2 cm³/mol. The molecule has 0 unspecified atom stereocenters. The zero-order chi connectivity index (χ0) is 12.1. The van der Waals surface area contributed by atoms with Gasteiger partial charge in [0.15, 0.2) is 6.19 Å². The van der Waals surface area contributed by atoms with Crippen molar-refractivity contribution >= 4 is 27.4 Å². The molecule has 1 aromatic rings. The van der Waals surface area contributed by atoms with Gasteiger partial charge in [-0.3, -0.25) is 4.79 Å². The summed E-state index contributed by atoms with van der Waals surface area (Å²) < 4.78 is 0.957. The molecular formula is C12H11BrN2O. The minimum atomic E-state index is -0.319. The first-order valence-corrected chi connectivity index (χ1v) is 5.45. The number of carbonyl (C=O) groups is 1. The van der Waals surface area contributed by atoms with Crippen molar-refractivity contribution in [3.63, 3.8) is 0 Å². The number of allylic oxidation sites excluding steroid dienone is 1. The lowest BCUT2D eigenvalue weighted by Crippen LogP contribution is -2.18. The second-order valence-corrected chi connectivity index (χ2v) is 4.25. The Hall–Kier alpha value is -1.60. The molecule has 0 saturated heterocycles. The van der Waals surface area contributed by atoms with Crippen LogP contribution >= 0.6 is 15.9 Å². The molecule has 0 aliphatic carbocycles. The maximum absolute atomic E-state index is 11.5. The molecule has 0 radical (unpaired) electrons. The molecule has 1 aromatic carbocycles. The van der Waals surface area contributed by atoms with Crippen LogP contribution in [0, 0.1) is 11.5 Å². The fraction of sp³-hybridized carbons (Fsp3) is 0.167. The van der Waals surface area contributed by atoms with Crippen LogP contribution in [0.4, 0.5) is 0 Å². The Balaban J connectivity index is 2.95. The molecule has 82 valence electrons. The summed E-state index contributed by atoms with van der Waals surface area (Å²) in [4.78, 5) is 12.4. The normalized spacial score (nSPS) is 10.8. The van der Waals surface area contributed by atoms with Crippen LogP contribution in [0.15, 0.2) is 34.8 Å². The van der Waals surface area contributed by atoms with Crippen LogP contribution in [0.1, 0.15) is 12.5 Å². The molecule has 0 N–H and O–H groups in total. The largest absolute Gasteiger partial charge is 0.269 e. The van der Waals surface area contributed by atoms with Crippen LogP contribution < -0.4 is 0 Å². The molecule has 0 saturated carbocycles. The van der Waals surface area contributed by atoms with Crippen molar-refractivity contribution in [3.05, 3.63) is 40.4 Å². The average molecular weight is 279 g/mol. The molecule has 0 aliphatic heterocycles. The van der Waals surface area contributed by atoms with Gasteiger partial charge in [0.1, 0.15) is 0 Å². The van der Waals surface area contributed by atoms with Gasteiger partial charge in [-0.15, -0.1) is 0 Å². The summed E-state index contributed by atoms with van der Waals surface area (Å²) in [7, 11) is 1.44. The first-order chi connectivity index (χ1) is 7.54. The van der Waals surface area contributed by atoms with E-state index in [0.29, 0.717) is 0 Å². The zero-order valence-electron chi connectivity index (χ0n) is 9.07. The summed E-state index contributed by atoms with van der Waals surface area (Å²) in [5, 5.41) is 8.55. The molecule has 3 nitrogen and oxygen atoms in total. The summed E-state index contributed by atoms with van der Waals surface area (Å²) in [6.45, 7) is 1.84. The van der Waals surface area contributed by atoms with E-state index in [1.54, 1.807) is 6.19 Å². The molecule has 0 aromatic heterocycles. The van der Waals surface area contributed by atoms with Gasteiger partial charge in [0.2, 0.25) is 0 Å². The van der Waals surface area contributed by atoms with E-state index in [9.17, 15) is 4.79 Å². The number of hydrogen-bond donors (Lipinski definition) is 0. The van der Waals surface area contributed by atoms with Crippen LogP contribution in [-0.2, 0) is 4.79 Å². The third-order valence-electron chi connectivity index (χ3n) is 2.10. The Bertz CT molecular complexity index is 474. The molecule has 0 bridgehead atoms. The Morgan fingerprint density at radius 2 is 2.25 bits per heavy atom. The Labute approximate surface area is 103 Å². The highest BCUT2D eigenvalue weighted by atomic mass is 79.9. The molecule has 0 fully saturated rings. The van der Waals surface area contributed by atoms with Gasteiger partial charge in [-0.05, 0) is 30.2 Å². The van der Waals surface area contributed by atoms with E-state index in [-0.39, 0.29) is 5.91 Å². The van der Waals surface area contributed by atoms with Crippen molar-refractivity contribution in [2.75, 3.05) is 7.05 Å². The van der Waals surface area contributed by atoms with Gasteiger partial charge >= 0.3 is 0 Å². The third kappa shape index (κ3) is 3.21. The fourth-order valence-electron chi connectivity index (χ4n) is 1.15. The monoisotopic (exact) mass is 278 g/mol. The van der Waals surface area contributed by atoms with Crippen LogP contribution in [0.5, 0.6) is 0 Å². The topological polar surface area (TPSA) is 44.1 Å². The van der Waals surface area contributed by atoms with Gasteiger partial charge < -0.3 is 0 Å². The average Bonchev–Trinajstić information content (AvgIpc) is 2.27. The quantitative estimate of drug-likeness (QED) is 0.474. The van der Waals surface area contributed by atoms with Crippen molar-refractivity contribution in [2.24, 2.45) is 0 Å². The second-order valence-electron chi connectivity index (χ2n) is 3.33. The summed E-state index contributed by atoms with van der Waals surface area (Å²) in [6, 6.07) is 7.65. The minimum absolute atomic E-state index is 0.319. The predicted octanol–water partition coefficient (Wildman–Crippen LogP) is 2.79. The van der Waals surface area contributed by atoms with Crippen LogP contribution in [0.3, 0.4) is 0 Å². The number of halogens is 1. The lowest BCUT2D eigenvalue weighted by Gasteiger charge is -2.05. The Kier molecular flexibility index (Phi) is 4.27. The fourth-order valence-corrected chi connectivity index (χ4v) is 1.55. The van der Waals surface area contributed by atoms with Gasteiger partial charge in [0, 0.05) is 17.6 Å². The second kappa shape index (κ2) is 5.47. The van der Waals surface area contributed by atoms with Crippen LogP contribution in [0.25, 0.3) is 5.57 Å². The molecular weight excluding hydrogens is 268 g/mol.